The van der Waals surface area contributed by atoms with Gasteiger partial charge in [-0.2, -0.15) is 0 Å². The SMILES string of the molecule is CC(C)(C)c1cc(-c2cc(-c3cc(C(C)(C)C)cc(C(C)(C)C)c3)nc(-c3ccc(-n4c5ccccc5c5cc(C(=O)OCc6ccccc6)ccc54)c(-c4nc(-c5cc(C(C)(C)C)cc(C(C)(C)C)c5)nc(-c5cc(C(C)(C)C)cc(C(C)(C)C)c5)n4)c3)n2)cc(C(C)(C)C)c1. The predicted molar refractivity (Wildman–Crippen MR) is 408 cm³/mol. The van der Waals surface area contributed by atoms with Crippen molar-refractivity contribution in [2.24, 2.45) is 0 Å². The van der Waals surface area contributed by atoms with Gasteiger partial charge in [-0.1, -0.05) is 239 Å². The van der Waals surface area contributed by atoms with E-state index >= 15 is 0 Å². The second kappa shape index (κ2) is 24.9. The van der Waals surface area contributed by atoms with Crippen LogP contribution in [0.2, 0.25) is 0 Å². The highest BCUT2D eigenvalue weighted by molar-refractivity contribution is 6.11. The molecule has 8 heteroatoms. The molecule has 0 aliphatic carbocycles. The number of carbonyl (C=O) groups is 1. The van der Waals surface area contributed by atoms with Crippen molar-refractivity contribution in [3.05, 3.63) is 225 Å². The third-order valence-electron chi connectivity index (χ3n) is 19.0. The van der Waals surface area contributed by atoms with Gasteiger partial charge in [0, 0.05) is 44.2 Å². The lowest BCUT2D eigenvalue weighted by molar-refractivity contribution is 0.0473. The largest absolute Gasteiger partial charge is 0.457 e. The van der Waals surface area contributed by atoms with Gasteiger partial charge >= 0.3 is 5.97 Å². The number of aromatic nitrogens is 6. The zero-order valence-electron chi connectivity index (χ0n) is 62.4. The number of carbonyl (C=O) groups excluding carboxylic acids is 1. The molecule has 0 unspecified atom stereocenters. The van der Waals surface area contributed by atoms with Gasteiger partial charge in [-0.25, -0.2) is 29.7 Å². The molecule has 11 aromatic rings. The average molecular weight is 1290 g/mol. The average Bonchev–Trinajstić information content (AvgIpc) is 1.66. The monoisotopic (exact) mass is 1290 g/mol. The van der Waals surface area contributed by atoms with E-state index < -0.39 is 5.97 Å². The normalized spacial score (nSPS) is 13.0. The van der Waals surface area contributed by atoms with Gasteiger partial charge in [-0.05, 0) is 190 Å². The standard InChI is InChI=1S/C89H102N6O2/c1-82(2,3)61-38-57(39-62(48-61)83(4,5)6)72-52-73(58-40-63(84(7,8)9)49-64(41-58)85(10,11)12)91-77(90-72)55-34-36-76(95-74-33-29-28-32-69(74)70-47-56(35-37-75(70)95)81(96)97-53-54-30-26-25-27-31-54)71(46-55)80-93-78(59-42-65(86(13,14)15)50-66(43-59)87(16,17)18)92-79(94-80)60-44-67(88(19,20)21)51-68(45-60)89(22,23)24/h25-52H,53H2,1-24H3. The second-order valence-corrected chi connectivity index (χ2v) is 35.3. The molecule has 8 aromatic carbocycles. The summed E-state index contributed by atoms with van der Waals surface area (Å²) in [5.74, 6) is 1.78. The van der Waals surface area contributed by atoms with E-state index in [-0.39, 0.29) is 49.9 Å². The molecule has 3 heterocycles. The lowest BCUT2D eigenvalue weighted by Crippen LogP contribution is -2.17. The van der Waals surface area contributed by atoms with Gasteiger partial charge in [0.15, 0.2) is 23.3 Å². The number of fused-ring (bicyclic) bond motifs is 3. The number of hydrogen-bond acceptors (Lipinski definition) is 7. The Morgan fingerprint density at radius 3 is 1.09 bits per heavy atom. The van der Waals surface area contributed by atoms with Gasteiger partial charge in [0.25, 0.3) is 0 Å². The highest BCUT2D eigenvalue weighted by Crippen LogP contribution is 2.44. The first-order valence-electron chi connectivity index (χ1n) is 34.7. The summed E-state index contributed by atoms with van der Waals surface area (Å²) in [5, 5.41) is 1.88. The summed E-state index contributed by atoms with van der Waals surface area (Å²) in [6, 6.07) is 60.7. The van der Waals surface area contributed by atoms with E-state index in [9.17, 15) is 4.79 Å². The molecule has 0 fully saturated rings. The molecule has 0 aliphatic heterocycles. The lowest BCUT2D eigenvalue weighted by atomic mass is 9.79. The van der Waals surface area contributed by atoms with Gasteiger partial charge in [0.1, 0.15) is 6.61 Å². The maximum absolute atomic E-state index is 14.1. The minimum atomic E-state index is -0.394. The Labute approximate surface area is 578 Å². The Hall–Kier alpha value is -8.88. The summed E-state index contributed by atoms with van der Waals surface area (Å²) in [6.07, 6.45) is 0. The first kappa shape index (κ1) is 69.5. The number of benzene rings is 8. The van der Waals surface area contributed by atoms with Crippen molar-refractivity contribution in [1.29, 1.82) is 0 Å². The van der Waals surface area contributed by atoms with E-state index in [1.54, 1.807) is 0 Å². The van der Waals surface area contributed by atoms with E-state index in [1.165, 1.54) is 44.5 Å². The molecule has 97 heavy (non-hydrogen) atoms. The van der Waals surface area contributed by atoms with Gasteiger partial charge < -0.3 is 9.30 Å². The summed E-state index contributed by atoms with van der Waals surface area (Å²) < 4.78 is 8.27. The van der Waals surface area contributed by atoms with E-state index in [1.807, 2.05) is 48.5 Å². The molecule has 0 N–H and O–H groups in total. The smallest absolute Gasteiger partial charge is 0.338 e. The van der Waals surface area contributed by atoms with Crippen LogP contribution in [0.3, 0.4) is 0 Å². The number of para-hydroxylation sites is 1. The van der Waals surface area contributed by atoms with E-state index in [2.05, 4.69) is 292 Å². The van der Waals surface area contributed by atoms with Gasteiger partial charge in [-0.3, -0.25) is 0 Å². The van der Waals surface area contributed by atoms with Crippen LogP contribution in [0.25, 0.3) is 95.6 Å². The fourth-order valence-corrected chi connectivity index (χ4v) is 12.4. The Morgan fingerprint density at radius 1 is 0.320 bits per heavy atom. The fraction of sp³-hybridized carbons (Fsp3) is 0.371. The van der Waals surface area contributed by atoms with Crippen molar-refractivity contribution < 1.29 is 9.53 Å². The van der Waals surface area contributed by atoms with Gasteiger partial charge in [-0.15, -0.1) is 0 Å². The van der Waals surface area contributed by atoms with Crippen LogP contribution in [0, 0.1) is 0 Å². The molecular weight excluding hydrogens is 1190 g/mol. The van der Waals surface area contributed by atoms with Crippen LogP contribution in [-0.2, 0) is 54.7 Å². The van der Waals surface area contributed by atoms with Crippen molar-refractivity contribution in [3.63, 3.8) is 0 Å². The van der Waals surface area contributed by atoms with Crippen LogP contribution in [0.5, 0.6) is 0 Å². The summed E-state index contributed by atoms with van der Waals surface area (Å²) >= 11 is 0. The lowest BCUT2D eigenvalue weighted by Gasteiger charge is -2.27. The number of rotatable bonds is 10. The van der Waals surface area contributed by atoms with Crippen molar-refractivity contribution in [1.82, 2.24) is 29.5 Å². The molecule has 8 nitrogen and oxygen atoms in total. The molecule has 0 spiro atoms. The van der Waals surface area contributed by atoms with Gasteiger partial charge in [0.2, 0.25) is 0 Å². The Morgan fingerprint density at radius 2 is 0.680 bits per heavy atom. The zero-order chi connectivity index (χ0) is 70.5. The molecule has 0 saturated carbocycles. The van der Waals surface area contributed by atoms with Crippen LogP contribution in [0.15, 0.2) is 170 Å². The quantitative estimate of drug-likeness (QED) is 0.126. The summed E-state index contributed by atoms with van der Waals surface area (Å²) in [4.78, 5) is 42.7. The maximum Gasteiger partial charge on any atom is 0.338 e. The molecule has 0 bridgehead atoms. The van der Waals surface area contributed by atoms with Crippen LogP contribution in [0.4, 0.5) is 0 Å². The van der Waals surface area contributed by atoms with E-state index in [0.29, 0.717) is 28.9 Å². The molecule has 3 aromatic heterocycles. The molecule has 0 amide bonds. The highest BCUT2D eigenvalue weighted by Gasteiger charge is 2.30. The molecule has 0 saturated heterocycles. The molecule has 11 rings (SSSR count). The van der Waals surface area contributed by atoms with Crippen LogP contribution < -0.4 is 0 Å². The van der Waals surface area contributed by atoms with Crippen LogP contribution in [-0.4, -0.2) is 35.5 Å². The molecular formula is C89H102N6O2. The van der Waals surface area contributed by atoms with E-state index in [4.69, 9.17) is 29.7 Å². The van der Waals surface area contributed by atoms with Crippen LogP contribution >= 0.6 is 0 Å². The molecule has 0 aliphatic rings. The van der Waals surface area contributed by atoms with Crippen molar-refractivity contribution in [3.8, 4) is 73.8 Å². The third kappa shape index (κ3) is 15.0. The first-order valence-corrected chi connectivity index (χ1v) is 34.7. The van der Waals surface area contributed by atoms with Gasteiger partial charge in [0.05, 0.1) is 33.7 Å². The summed E-state index contributed by atoms with van der Waals surface area (Å²) in [5.41, 5.74) is 19.5. The van der Waals surface area contributed by atoms with Crippen molar-refractivity contribution in [2.45, 2.75) is 216 Å². The second-order valence-electron chi connectivity index (χ2n) is 35.3. The maximum atomic E-state index is 14.1. The number of esters is 1. The predicted octanol–water partition coefficient (Wildman–Crippen LogP) is 23.5. The fourth-order valence-electron chi connectivity index (χ4n) is 12.4. The summed E-state index contributed by atoms with van der Waals surface area (Å²) in [6.45, 7) is 54.9. The van der Waals surface area contributed by atoms with Crippen LogP contribution in [0.1, 0.15) is 227 Å². The molecule has 500 valence electrons. The Kier molecular flexibility index (Phi) is 17.8. The van der Waals surface area contributed by atoms with Crippen molar-refractivity contribution >= 4 is 27.8 Å². The summed E-state index contributed by atoms with van der Waals surface area (Å²) in [7, 11) is 0. The van der Waals surface area contributed by atoms with E-state index in [0.717, 1.165) is 77.8 Å². The number of nitrogens with zero attached hydrogens (tertiary/aromatic N) is 6. The third-order valence-corrected chi connectivity index (χ3v) is 19.0. The zero-order valence-corrected chi connectivity index (χ0v) is 62.4. The minimum Gasteiger partial charge on any atom is -0.457 e. The first-order chi connectivity index (χ1) is 45.0. The Balaban J connectivity index is 1.27. The molecule has 0 atom stereocenters. The minimum absolute atomic E-state index is 0.144. The highest BCUT2D eigenvalue weighted by atomic mass is 16.5. The Bertz CT molecular complexity index is 4520. The topological polar surface area (TPSA) is 95.7 Å². The number of ether oxygens (including phenoxy) is 1. The number of hydrogen-bond donors (Lipinski definition) is 0. The molecule has 0 radical (unpaired) electrons. The van der Waals surface area contributed by atoms with Crippen molar-refractivity contribution in [2.75, 3.05) is 0 Å².